The number of ether oxygens (including phenoxy) is 2. The molecule has 4 amide bonds. The molecular weight excluding hydrogens is 813 g/mol. The minimum absolute atomic E-state index is 0.0224. The van der Waals surface area contributed by atoms with E-state index in [0.29, 0.717) is 38.4 Å². The lowest BCUT2D eigenvalue weighted by molar-refractivity contribution is -0.148. The number of hydrogen-bond acceptors (Lipinski definition) is 9. The van der Waals surface area contributed by atoms with Gasteiger partial charge in [-0.25, -0.2) is 4.79 Å². The lowest BCUT2D eigenvalue weighted by Crippen LogP contribution is -2.60. The number of rotatable bonds is 26. The average molecular weight is 893 g/mol. The molecule has 14 heteroatoms. The highest BCUT2D eigenvalue weighted by Crippen LogP contribution is 2.30. The first kappa shape index (κ1) is 53.8. The number of hydrogen-bond donors (Lipinski definition) is 4. The summed E-state index contributed by atoms with van der Waals surface area (Å²) in [5.74, 6) is -3.35. The van der Waals surface area contributed by atoms with Gasteiger partial charge in [-0.2, -0.15) is 0 Å². The maximum Gasteiger partial charge on any atom is 0.326 e. The van der Waals surface area contributed by atoms with E-state index in [0.717, 1.165) is 17.7 Å². The Morgan fingerprint density at radius 3 is 2.00 bits per heavy atom. The van der Waals surface area contributed by atoms with E-state index in [9.17, 15) is 29.1 Å². The zero-order valence-electron chi connectivity index (χ0n) is 40.9. The van der Waals surface area contributed by atoms with E-state index in [1.807, 2.05) is 78.9 Å². The van der Waals surface area contributed by atoms with Crippen molar-refractivity contribution in [3.05, 3.63) is 65.7 Å². The van der Waals surface area contributed by atoms with Gasteiger partial charge in [-0.05, 0) is 81.2 Å². The smallest absolute Gasteiger partial charge is 0.326 e. The number of anilines is 1. The molecule has 14 nitrogen and oxygen atoms in total. The van der Waals surface area contributed by atoms with Crippen molar-refractivity contribution in [2.24, 2.45) is 23.7 Å². The van der Waals surface area contributed by atoms with Crippen LogP contribution in [0.2, 0.25) is 0 Å². The molecule has 2 aromatic rings. The summed E-state index contributed by atoms with van der Waals surface area (Å²) >= 11 is 0. The van der Waals surface area contributed by atoms with Crippen molar-refractivity contribution in [3.8, 4) is 0 Å². The second-order valence-electron chi connectivity index (χ2n) is 18.8. The number of benzene rings is 2. The van der Waals surface area contributed by atoms with Crippen LogP contribution in [-0.4, -0.2) is 139 Å². The van der Waals surface area contributed by atoms with Gasteiger partial charge in [-0.15, -0.1) is 0 Å². The Labute approximate surface area is 383 Å². The Morgan fingerprint density at radius 2 is 1.47 bits per heavy atom. The fourth-order valence-electron chi connectivity index (χ4n) is 9.19. The van der Waals surface area contributed by atoms with Gasteiger partial charge in [0.1, 0.15) is 12.1 Å². The van der Waals surface area contributed by atoms with E-state index in [2.05, 4.69) is 59.0 Å². The summed E-state index contributed by atoms with van der Waals surface area (Å²) in [4.78, 5) is 74.3. The molecule has 0 saturated carbocycles. The summed E-state index contributed by atoms with van der Waals surface area (Å²) in [6.07, 6.45) is 1.50. The number of nitrogens with one attached hydrogen (secondary N) is 3. The maximum atomic E-state index is 14.6. The van der Waals surface area contributed by atoms with Crippen LogP contribution in [0.25, 0.3) is 0 Å². The Balaban J connectivity index is 1.75. The van der Waals surface area contributed by atoms with Crippen LogP contribution in [0.3, 0.4) is 0 Å². The lowest BCUT2D eigenvalue weighted by Gasteiger charge is -2.41. The third-order valence-electron chi connectivity index (χ3n) is 12.9. The molecule has 3 rings (SSSR count). The van der Waals surface area contributed by atoms with Crippen molar-refractivity contribution in [1.82, 2.24) is 25.3 Å². The number of aliphatic carboxylic acids is 1. The molecule has 9 atom stereocenters. The van der Waals surface area contributed by atoms with Crippen LogP contribution in [0, 0.1) is 23.7 Å². The summed E-state index contributed by atoms with van der Waals surface area (Å²) in [6, 6.07) is 14.5. The number of methoxy groups -OCH3 is 2. The van der Waals surface area contributed by atoms with Crippen LogP contribution in [0.4, 0.5) is 5.69 Å². The van der Waals surface area contributed by atoms with Crippen molar-refractivity contribution in [1.29, 1.82) is 0 Å². The van der Waals surface area contributed by atoms with Crippen molar-refractivity contribution in [3.63, 3.8) is 0 Å². The number of carbonyl (C=O) groups excluding carboxylic acids is 4. The van der Waals surface area contributed by atoms with Gasteiger partial charge >= 0.3 is 5.97 Å². The second-order valence-corrected chi connectivity index (χ2v) is 18.8. The van der Waals surface area contributed by atoms with E-state index < -0.39 is 60.2 Å². The Kier molecular flexibility index (Phi) is 21.7. The molecule has 1 fully saturated rings. The number of carboxylic acids is 1. The molecule has 1 aliphatic heterocycles. The Hall–Kier alpha value is -4.53. The highest BCUT2D eigenvalue weighted by Gasteiger charge is 2.43. The standard InChI is InChI=1S/C50H80N6O8/c1-14-34(8)45(55(11)49(60)43(31(2)3)53-48(59)44(32(4)5)54(10)28-26-36-22-24-38(25-23-36)51-33(6)7)41(63-12)30-42(57)56-27-18-21-40(56)46(64-13)35(9)47(58)52-39(50(61)62)29-37-19-16-15-17-20-37/h15-17,19-20,22-25,31-35,39-41,43-46,51H,14,18,21,26-30H2,1-13H3,(H,52,58)(H,53,59)(H,61,62)/t34-,35+,39-,40-,41+,43-,44-,45-,46+/m0/s1. The molecule has 1 heterocycles. The van der Waals surface area contributed by atoms with Crippen LogP contribution in [-0.2, 0) is 46.3 Å². The second kappa shape index (κ2) is 25.8. The zero-order chi connectivity index (χ0) is 47.8. The summed E-state index contributed by atoms with van der Waals surface area (Å²) in [7, 11) is 6.73. The molecule has 1 saturated heterocycles. The molecule has 0 spiro atoms. The maximum absolute atomic E-state index is 14.6. The monoisotopic (exact) mass is 893 g/mol. The highest BCUT2D eigenvalue weighted by atomic mass is 16.5. The normalized spacial score (nSPS) is 18.0. The third-order valence-corrected chi connectivity index (χ3v) is 12.9. The van der Waals surface area contributed by atoms with Gasteiger partial charge < -0.3 is 40.3 Å². The SMILES string of the molecule is CC[C@H](C)[C@@H]([C@@H](CC(=O)N1CCC[C@H]1[C@H](OC)[C@@H](C)C(=O)N[C@@H](Cc1ccccc1)C(=O)O)OC)N(C)C(=O)[C@@H](NC(=O)[C@H](C(C)C)N(C)CCc1ccc(NC(C)C)cc1)C(C)C. The molecule has 2 aromatic carbocycles. The average Bonchev–Trinajstić information content (AvgIpc) is 3.74. The van der Waals surface area contributed by atoms with Gasteiger partial charge in [0.25, 0.3) is 0 Å². The predicted molar refractivity (Wildman–Crippen MR) is 253 cm³/mol. The first-order valence-corrected chi connectivity index (χ1v) is 23.3. The Morgan fingerprint density at radius 1 is 0.828 bits per heavy atom. The summed E-state index contributed by atoms with van der Waals surface area (Å²) in [6.45, 7) is 19.0. The van der Waals surface area contributed by atoms with Gasteiger partial charge in [-0.1, -0.05) is 97.4 Å². The number of carboxylic acid groups (broad SMARTS) is 1. The van der Waals surface area contributed by atoms with Crippen molar-refractivity contribution < 1.29 is 38.6 Å². The van der Waals surface area contributed by atoms with Crippen molar-refractivity contribution >= 4 is 35.3 Å². The molecule has 4 N–H and O–H groups in total. The van der Waals surface area contributed by atoms with Gasteiger partial charge in [0, 0.05) is 52.5 Å². The van der Waals surface area contributed by atoms with Gasteiger partial charge in [0.2, 0.25) is 23.6 Å². The molecule has 358 valence electrons. The predicted octanol–water partition coefficient (Wildman–Crippen LogP) is 5.88. The quantitative estimate of drug-likeness (QED) is 0.0896. The summed E-state index contributed by atoms with van der Waals surface area (Å²) in [5.41, 5.74) is 3.02. The molecule has 0 unspecified atom stereocenters. The number of likely N-dealkylation sites (tertiary alicyclic amines) is 1. The van der Waals surface area contributed by atoms with Crippen LogP contribution in [0.1, 0.15) is 99.1 Å². The third kappa shape index (κ3) is 15.0. The fraction of sp³-hybridized carbons (Fsp3) is 0.660. The minimum Gasteiger partial charge on any atom is -0.480 e. The molecule has 64 heavy (non-hydrogen) atoms. The molecule has 0 aliphatic carbocycles. The first-order valence-electron chi connectivity index (χ1n) is 23.3. The number of likely N-dealkylation sites (N-methyl/N-ethyl adjacent to an activating group) is 2. The number of nitrogens with zero attached hydrogens (tertiary/aromatic N) is 3. The number of amides is 4. The van der Waals surface area contributed by atoms with Crippen LogP contribution >= 0.6 is 0 Å². The minimum atomic E-state index is -1.14. The van der Waals surface area contributed by atoms with Crippen molar-refractivity contribution in [2.75, 3.05) is 46.7 Å². The van der Waals surface area contributed by atoms with Crippen LogP contribution < -0.4 is 16.0 Å². The van der Waals surface area contributed by atoms with Crippen molar-refractivity contribution in [2.45, 2.75) is 149 Å². The fourth-order valence-corrected chi connectivity index (χ4v) is 9.19. The number of carbonyl (C=O) groups is 5. The molecule has 0 radical (unpaired) electrons. The van der Waals surface area contributed by atoms with Gasteiger partial charge in [-0.3, -0.25) is 24.1 Å². The summed E-state index contributed by atoms with van der Waals surface area (Å²) < 4.78 is 12.0. The van der Waals surface area contributed by atoms with E-state index in [4.69, 9.17) is 9.47 Å². The van der Waals surface area contributed by atoms with E-state index in [1.54, 1.807) is 30.9 Å². The largest absolute Gasteiger partial charge is 0.480 e. The molecule has 0 bridgehead atoms. The zero-order valence-corrected chi connectivity index (χ0v) is 40.9. The Bertz CT molecular complexity index is 1770. The lowest BCUT2D eigenvalue weighted by atomic mass is 9.89. The van der Waals surface area contributed by atoms with Gasteiger partial charge in [0.05, 0.1) is 42.7 Å². The summed E-state index contributed by atoms with van der Waals surface area (Å²) in [5, 5.41) is 19.2. The van der Waals surface area contributed by atoms with Crippen LogP contribution in [0.15, 0.2) is 54.6 Å². The topological polar surface area (TPSA) is 170 Å². The van der Waals surface area contributed by atoms with E-state index in [1.165, 1.54) is 12.7 Å². The highest BCUT2D eigenvalue weighted by molar-refractivity contribution is 5.90. The first-order chi connectivity index (χ1) is 30.2. The van der Waals surface area contributed by atoms with E-state index in [-0.39, 0.29) is 48.3 Å². The van der Waals surface area contributed by atoms with Gasteiger partial charge in [0.15, 0.2) is 0 Å². The van der Waals surface area contributed by atoms with E-state index >= 15 is 0 Å². The molecular formula is C50H80N6O8. The molecule has 0 aromatic heterocycles. The van der Waals surface area contributed by atoms with Crippen LogP contribution in [0.5, 0.6) is 0 Å². The molecule has 1 aliphatic rings.